The first-order valence-electron chi connectivity index (χ1n) is 5.87. The van der Waals surface area contributed by atoms with E-state index in [0.29, 0.717) is 6.04 Å². The summed E-state index contributed by atoms with van der Waals surface area (Å²) in [5.41, 5.74) is 2.52. The molecule has 0 saturated carbocycles. The van der Waals surface area contributed by atoms with E-state index in [1.165, 1.54) is 11.3 Å². The Morgan fingerprint density at radius 3 is 2.31 bits per heavy atom. The molecule has 90 valence electrons. The molecular weight excluding hydrogens is 200 g/mol. The summed E-state index contributed by atoms with van der Waals surface area (Å²) in [6, 6.07) is 8.88. The van der Waals surface area contributed by atoms with Gasteiger partial charge < -0.3 is 15.3 Å². The van der Waals surface area contributed by atoms with E-state index in [1.807, 2.05) is 14.1 Å². The summed E-state index contributed by atoms with van der Waals surface area (Å²) in [7, 11) is 4.08. The second-order valence-corrected chi connectivity index (χ2v) is 4.35. The number of rotatable bonds is 6. The Balaban J connectivity index is 2.49. The van der Waals surface area contributed by atoms with Crippen LogP contribution in [-0.2, 0) is 6.54 Å². The molecule has 3 heteroatoms. The van der Waals surface area contributed by atoms with Crippen LogP contribution in [0, 0.1) is 0 Å². The maximum atomic E-state index is 9.08. The molecule has 0 unspecified atom stereocenters. The zero-order chi connectivity index (χ0) is 12.0. The van der Waals surface area contributed by atoms with Gasteiger partial charge in [0, 0.05) is 25.3 Å². The lowest BCUT2D eigenvalue weighted by Gasteiger charge is -2.13. The highest BCUT2D eigenvalue weighted by Gasteiger charge is 2.07. The van der Waals surface area contributed by atoms with Gasteiger partial charge in [-0.05, 0) is 18.6 Å². The van der Waals surface area contributed by atoms with Gasteiger partial charge in [0.2, 0.25) is 0 Å². The van der Waals surface area contributed by atoms with Crippen molar-refractivity contribution in [1.82, 2.24) is 0 Å². The zero-order valence-electron chi connectivity index (χ0n) is 10.5. The second kappa shape index (κ2) is 6.51. The van der Waals surface area contributed by atoms with E-state index in [1.54, 1.807) is 0 Å². The molecule has 1 rings (SSSR count). The van der Waals surface area contributed by atoms with Gasteiger partial charge in [-0.2, -0.15) is 0 Å². The monoisotopic (exact) mass is 223 g/mol. The average molecular weight is 223 g/mol. The minimum Gasteiger partial charge on any atom is -0.390 e. The zero-order valence-corrected chi connectivity index (χ0v) is 10.5. The van der Waals surface area contributed by atoms with Crippen LogP contribution in [0.4, 0.5) is 5.69 Å². The summed E-state index contributed by atoms with van der Waals surface area (Å²) >= 11 is 0. The van der Waals surface area contributed by atoms with Gasteiger partial charge in [-0.25, -0.2) is 0 Å². The first-order chi connectivity index (χ1) is 7.67. The van der Waals surface area contributed by atoms with E-state index in [0.717, 1.165) is 13.0 Å². The van der Waals surface area contributed by atoms with Crippen molar-refractivity contribution in [1.29, 1.82) is 0 Å². The SMILES string of the molecule is CC[C@@H](CO)[NH2+]Cc1ccc(N(C)C)cc1. The van der Waals surface area contributed by atoms with Gasteiger partial charge in [0.1, 0.15) is 12.6 Å². The summed E-state index contributed by atoms with van der Waals surface area (Å²) in [5.74, 6) is 0. The smallest absolute Gasteiger partial charge is 0.109 e. The van der Waals surface area contributed by atoms with Crippen LogP contribution in [0.25, 0.3) is 0 Å². The van der Waals surface area contributed by atoms with Gasteiger partial charge >= 0.3 is 0 Å². The number of nitrogens with zero attached hydrogens (tertiary/aromatic N) is 1. The highest BCUT2D eigenvalue weighted by Crippen LogP contribution is 2.11. The Kier molecular flexibility index (Phi) is 5.29. The van der Waals surface area contributed by atoms with Crippen LogP contribution in [0.2, 0.25) is 0 Å². The molecule has 16 heavy (non-hydrogen) atoms. The Bertz CT molecular complexity index is 291. The average Bonchev–Trinajstić information content (AvgIpc) is 2.31. The first kappa shape index (κ1) is 13.0. The molecule has 0 amide bonds. The van der Waals surface area contributed by atoms with Crippen LogP contribution in [0.15, 0.2) is 24.3 Å². The van der Waals surface area contributed by atoms with Crippen LogP contribution < -0.4 is 10.2 Å². The number of anilines is 1. The van der Waals surface area contributed by atoms with Crippen molar-refractivity contribution in [2.75, 3.05) is 25.6 Å². The minimum atomic E-state index is 0.256. The molecule has 0 heterocycles. The largest absolute Gasteiger partial charge is 0.390 e. The maximum absolute atomic E-state index is 9.08. The molecule has 1 atom stereocenters. The molecule has 0 aliphatic carbocycles. The van der Waals surface area contributed by atoms with Crippen LogP contribution in [0.3, 0.4) is 0 Å². The summed E-state index contributed by atoms with van der Waals surface area (Å²) in [6.07, 6.45) is 1.01. The normalized spacial score (nSPS) is 12.5. The molecular formula is C13H23N2O+. The second-order valence-electron chi connectivity index (χ2n) is 4.35. The van der Waals surface area contributed by atoms with Gasteiger partial charge in [0.05, 0.1) is 6.61 Å². The standard InChI is InChI=1S/C13H22N2O/c1-4-12(10-16)14-9-11-5-7-13(8-6-11)15(2)3/h5-8,12,14,16H,4,9-10H2,1-3H3/p+1/t12-/m0/s1. The van der Waals surface area contributed by atoms with E-state index in [4.69, 9.17) is 5.11 Å². The van der Waals surface area contributed by atoms with E-state index < -0.39 is 0 Å². The van der Waals surface area contributed by atoms with Crippen LogP contribution >= 0.6 is 0 Å². The molecule has 1 aromatic rings. The van der Waals surface area contributed by atoms with Gasteiger partial charge in [0.15, 0.2) is 0 Å². The van der Waals surface area contributed by atoms with Crippen molar-refractivity contribution in [3.8, 4) is 0 Å². The molecule has 3 N–H and O–H groups in total. The van der Waals surface area contributed by atoms with Crippen molar-refractivity contribution < 1.29 is 10.4 Å². The molecule has 0 aliphatic heterocycles. The van der Waals surface area contributed by atoms with Crippen molar-refractivity contribution in [2.24, 2.45) is 0 Å². The van der Waals surface area contributed by atoms with E-state index >= 15 is 0 Å². The summed E-state index contributed by atoms with van der Waals surface area (Å²) < 4.78 is 0. The van der Waals surface area contributed by atoms with Crippen LogP contribution in [0.5, 0.6) is 0 Å². The number of hydrogen-bond acceptors (Lipinski definition) is 2. The molecule has 0 saturated heterocycles. The number of aliphatic hydroxyl groups is 1. The van der Waals surface area contributed by atoms with Gasteiger partial charge in [-0.1, -0.05) is 19.1 Å². The molecule has 0 fully saturated rings. The highest BCUT2D eigenvalue weighted by molar-refractivity contribution is 5.45. The number of quaternary nitrogens is 1. The first-order valence-corrected chi connectivity index (χ1v) is 5.87. The van der Waals surface area contributed by atoms with Crippen molar-refractivity contribution in [3.05, 3.63) is 29.8 Å². The molecule has 0 bridgehead atoms. The quantitative estimate of drug-likeness (QED) is 0.741. The Morgan fingerprint density at radius 1 is 1.25 bits per heavy atom. The lowest BCUT2D eigenvalue weighted by atomic mass is 10.1. The molecule has 1 aromatic carbocycles. The minimum absolute atomic E-state index is 0.256. The lowest BCUT2D eigenvalue weighted by molar-refractivity contribution is -0.706. The topological polar surface area (TPSA) is 40.1 Å². The van der Waals surface area contributed by atoms with Crippen molar-refractivity contribution >= 4 is 5.69 Å². The summed E-state index contributed by atoms with van der Waals surface area (Å²) in [4.78, 5) is 2.09. The predicted molar refractivity (Wildman–Crippen MR) is 67.6 cm³/mol. The number of aliphatic hydroxyl groups excluding tert-OH is 1. The third-order valence-corrected chi connectivity index (χ3v) is 2.90. The molecule has 0 radical (unpaired) electrons. The molecule has 3 nitrogen and oxygen atoms in total. The Hall–Kier alpha value is -1.06. The molecule has 0 aliphatic rings. The van der Waals surface area contributed by atoms with Crippen LogP contribution in [0.1, 0.15) is 18.9 Å². The van der Waals surface area contributed by atoms with Gasteiger partial charge in [0.25, 0.3) is 0 Å². The van der Waals surface area contributed by atoms with E-state index in [2.05, 4.69) is 41.4 Å². The molecule has 0 spiro atoms. The van der Waals surface area contributed by atoms with Crippen LogP contribution in [-0.4, -0.2) is 31.9 Å². The number of hydrogen-bond donors (Lipinski definition) is 2. The fourth-order valence-electron chi connectivity index (χ4n) is 1.60. The Labute approximate surface area is 98.1 Å². The third kappa shape index (κ3) is 3.83. The summed E-state index contributed by atoms with van der Waals surface area (Å²) in [6.45, 7) is 3.30. The maximum Gasteiger partial charge on any atom is 0.109 e. The number of benzene rings is 1. The fraction of sp³-hybridized carbons (Fsp3) is 0.538. The van der Waals surface area contributed by atoms with Crippen molar-refractivity contribution in [2.45, 2.75) is 25.9 Å². The predicted octanol–water partition coefficient (Wildman–Crippen LogP) is 0.587. The molecule has 0 aromatic heterocycles. The van der Waals surface area contributed by atoms with Crippen molar-refractivity contribution in [3.63, 3.8) is 0 Å². The third-order valence-electron chi connectivity index (χ3n) is 2.90. The van der Waals surface area contributed by atoms with Gasteiger partial charge in [-0.15, -0.1) is 0 Å². The van der Waals surface area contributed by atoms with E-state index in [9.17, 15) is 0 Å². The Morgan fingerprint density at radius 2 is 1.88 bits per heavy atom. The van der Waals surface area contributed by atoms with Gasteiger partial charge in [-0.3, -0.25) is 0 Å². The summed E-state index contributed by atoms with van der Waals surface area (Å²) in [5, 5.41) is 11.3. The van der Waals surface area contributed by atoms with E-state index in [-0.39, 0.29) is 6.61 Å². The lowest BCUT2D eigenvalue weighted by Crippen LogP contribution is -2.89. The highest BCUT2D eigenvalue weighted by atomic mass is 16.3. The fourth-order valence-corrected chi connectivity index (χ4v) is 1.60. The number of nitrogens with two attached hydrogens (primary N) is 1.